The summed E-state index contributed by atoms with van der Waals surface area (Å²) in [5, 5.41) is 0. The SMILES string of the molecule is C[Si](C)N([Si]CCl)C(C)(C)C. The zero-order chi connectivity index (χ0) is 9.07. The summed E-state index contributed by atoms with van der Waals surface area (Å²) in [7, 11) is 0.450. The average molecular weight is 207 g/mol. The van der Waals surface area contributed by atoms with Gasteiger partial charge in [-0.15, -0.1) is 11.6 Å². The van der Waals surface area contributed by atoms with Gasteiger partial charge >= 0.3 is 0 Å². The number of hydrogen-bond donors (Lipinski definition) is 0. The molecule has 0 saturated carbocycles. The molecule has 0 aromatic rings. The van der Waals surface area contributed by atoms with Gasteiger partial charge in [0, 0.05) is 5.50 Å². The molecule has 0 amide bonds. The molecule has 0 aliphatic rings. The van der Waals surface area contributed by atoms with E-state index in [9.17, 15) is 0 Å². The van der Waals surface area contributed by atoms with Crippen LogP contribution in [0, 0.1) is 0 Å². The Bertz CT molecular complexity index is 111. The van der Waals surface area contributed by atoms with Crippen LogP contribution in [0.2, 0.25) is 13.1 Å². The summed E-state index contributed by atoms with van der Waals surface area (Å²) in [6, 6.07) is 0. The van der Waals surface area contributed by atoms with Crippen molar-refractivity contribution >= 4 is 30.2 Å². The summed E-state index contributed by atoms with van der Waals surface area (Å²) < 4.78 is 2.53. The van der Waals surface area contributed by atoms with Crippen LogP contribution in [0.3, 0.4) is 0 Å². The molecule has 0 aromatic heterocycles. The molecule has 0 spiro atoms. The summed E-state index contributed by atoms with van der Waals surface area (Å²) in [5.74, 6) is 0. The van der Waals surface area contributed by atoms with Gasteiger partial charge in [0.2, 0.25) is 0 Å². The van der Waals surface area contributed by atoms with Gasteiger partial charge in [-0.05, 0) is 26.3 Å². The van der Waals surface area contributed by atoms with Crippen LogP contribution >= 0.6 is 11.6 Å². The molecule has 65 valence electrons. The Morgan fingerprint density at radius 1 is 1.36 bits per heavy atom. The molecular formula is C7H17ClNSi2. The normalized spacial score (nSPS) is 13.1. The van der Waals surface area contributed by atoms with Crippen LogP contribution in [-0.2, 0) is 0 Å². The Morgan fingerprint density at radius 2 is 1.82 bits per heavy atom. The third-order valence-corrected chi connectivity index (χ3v) is 6.18. The first kappa shape index (κ1) is 11.7. The second-order valence-electron chi connectivity index (χ2n) is 3.75. The molecule has 4 heteroatoms. The first-order chi connectivity index (χ1) is 4.89. The van der Waals surface area contributed by atoms with Crippen molar-refractivity contribution in [2.24, 2.45) is 0 Å². The third kappa shape index (κ3) is 4.30. The Hall–Kier alpha value is 0.684. The molecule has 0 rings (SSSR count). The van der Waals surface area contributed by atoms with E-state index in [1.54, 1.807) is 0 Å². The summed E-state index contributed by atoms with van der Waals surface area (Å²) in [6.45, 7) is 11.4. The van der Waals surface area contributed by atoms with Gasteiger partial charge in [0.1, 0.15) is 8.96 Å². The van der Waals surface area contributed by atoms with Gasteiger partial charge in [0.25, 0.3) is 0 Å². The van der Waals surface area contributed by atoms with E-state index in [2.05, 4.69) is 38.1 Å². The van der Waals surface area contributed by atoms with Gasteiger partial charge in [-0.2, -0.15) is 0 Å². The lowest BCUT2D eigenvalue weighted by molar-refractivity contribution is 0.371. The first-order valence-corrected chi connectivity index (χ1v) is 7.93. The Morgan fingerprint density at radius 3 is 1.91 bits per heavy atom. The Labute approximate surface area is 79.7 Å². The molecule has 11 heavy (non-hydrogen) atoms. The standard InChI is InChI=1S/C7H17ClNSi2/c1-7(2,3)9(10-6-8)11(4)5/h6H2,1-5H3. The number of nitrogens with zero attached hydrogens (tertiary/aromatic N) is 1. The average Bonchev–Trinajstić information content (AvgIpc) is 1.79. The highest BCUT2D eigenvalue weighted by Gasteiger charge is 2.23. The van der Waals surface area contributed by atoms with Crippen molar-refractivity contribution in [2.75, 3.05) is 5.50 Å². The van der Waals surface area contributed by atoms with Crippen molar-refractivity contribution in [2.45, 2.75) is 39.4 Å². The molecule has 0 unspecified atom stereocenters. The molecule has 0 fully saturated rings. The second kappa shape index (κ2) is 4.65. The third-order valence-electron chi connectivity index (χ3n) is 1.34. The number of rotatable bonds is 3. The molecular weight excluding hydrogens is 190 g/mol. The molecule has 0 heterocycles. The zero-order valence-corrected chi connectivity index (χ0v) is 10.8. The molecule has 0 aliphatic carbocycles. The second-order valence-corrected chi connectivity index (χ2v) is 8.37. The lowest BCUT2D eigenvalue weighted by Crippen LogP contribution is -2.51. The summed E-state index contributed by atoms with van der Waals surface area (Å²) in [4.78, 5) is 0. The predicted molar refractivity (Wildman–Crippen MR) is 55.5 cm³/mol. The van der Waals surface area contributed by atoms with Crippen molar-refractivity contribution in [1.29, 1.82) is 0 Å². The van der Waals surface area contributed by atoms with E-state index >= 15 is 0 Å². The Balaban J connectivity index is 4.10. The fourth-order valence-corrected chi connectivity index (χ4v) is 5.22. The van der Waals surface area contributed by atoms with Crippen LogP contribution in [0.5, 0.6) is 0 Å². The van der Waals surface area contributed by atoms with Crippen LogP contribution in [0.15, 0.2) is 0 Å². The zero-order valence-electron chi connectivity index (χ0n) is 8.03. The topological polar surface area (TPSA) is 3.24 Å². The molecule has 0 aromatic carbocycles. The van der Waals surface area contributed by atoms with Crippen LogP contribution < -0.4 is 0 Å². The van der Waals surface area contributed by atoms with Gasteiger partial charge in [-0.3, -0.25) is 0 Å². The van der Waals surface area contributed by atoms with Gasteiger partial charge in [-0.1, -0.05) is 13.1 Å². The van der Waals surface area contributed by atoms with Gasteiger partial charge in [0.15, 0.2) is 9.68 Å². The fraction of sp³-hybridized carbons (Fsp3) is 1.00. The van der Waals surface area contributed by atoms with E-state index < -0.39 is 0 Å². The van der Waals surface area contributed by atoms with E-state index in [1.807, 2.05) is 0 Å². The maximum absolute atomic E-state index is 5.73. The highest BCUT2D eigenvalue weighted by molar-refractivity contribution is 6.65. The molecule has 0 N–H and O–H groups in total. The van der Waals surface area contributed by atoms with E-state index in [0.29, 0.717) is 5.54 Å². The maximum Gasteiger partial charge on any atom is 0.151 e. The minimum Gasteiger partial charge on any atom is -0.343 e. The smallest absolute Gasteiger partial charge is 0.151 e. The quantitative estimate of drug-likeness (QED) is 0.506. The van der Waals surface area contributed by atoms with Gasteiger partial charge < -0.3 is 4.23 Å². The van der Waals surface area contributed by atoms with Crippen molar-refractivity contribution in [3.8, 4) is 0 Å². The summed E-state index contributed by atoms with van der Waals surface area (Å²) >= 11 is 5.73. The molecule has 0 aliphatic heterocycles. The van der Waals surface area contributed by atoms with E-state index in [1.165, 1.54) is 0 Å². The van der Waals surface area contributed by atoms with Gasteiger partial charge in [-0.25, -0.2) is 0 Å². The van der Waals surface area contributed by atoms with Crippen LogP contribution in [0.25, 0.3) is 0 Å². The van der Waals surface area contributed by atoms with Gasteiger partial charge in [0.05, 0.1) is 0 Å². The Kier molecular flexibility index (Phi) is 4.94. The molecule has 0 saturated heterocycles. The van der Waals surface area contributed by atoms with Crippen molar-refractivity contribution < 1.29 is 0 Å². The molecule has 0 bridgehead atoms. The minimum atomic E-state index is -0.332. The fourth-order valence-electron chi connectivity index (χ4n) is 1.13. The molecule has 0 atom stereocenters. The highest BCUT2D eigenvalue weighted by atomic mass is 35.5. The minimum absolute atomic E-state index is 0.297. The monoisotopic (exact) mass is 206 g/mol. The predicted octanol–water partition coefficient (Wildman–Crippen LogP) is 2.15. The van der Waals surface area contributed by atoms with Crippen LogP contribution in [-0.4, -0.2) is 33.9 Å². The number of halogens is 1. The summed E-state index contributed by atoms with van der Waals surface area (Å²) in [5.41, 5.74) is 1.07. The highest BCUT2D eigenvalue weighted by Crippen LogP contribution is 2.13. The summed E-state index contributed by atoms with van der Waals surface area (Å²) in [6.07, 6.45) is 0. The largest absolute Gasteiger partial charge is 0.343 e. The van der Waals surface area contributed by atoms with E-state index in [0.717, 1.165) is 15.2 Å². The van der Waals surface area contributed by atoms with Crippen molar-refractivity contribution in [1.82, 2.24) is 4.23 Å². The van der Waals surface area contributed by atoms with Crippen LogP contribution in [0.1, 0.15) is 20.8 Å². The molecule has 3 radical (unpaired) electrons. The molecule has 1 nitrogen and oxygen atoms in total. The van der Waals surface area contributed by atoms with Crippen molar-refractivity contribution in [3.05, 3.63) is 0 Å². The lowest BCUT2D eigenvalue weighted by atomic mass is 10.1. The van der Waals surface area contributed by atoms with Crippen LogP contribution in [0.4, 0.5) is 0 Å². The van der Waals surface area contributed by atoms with E-state index in [-0.39, 0.29) is 8.96 Å². The first-order valence-electron chi connectivity index (χ1n) is 3.79. The maximum atomic E-state index is 5.73. The number of alkyl halides is 1. The van der Waals surface area contributed by atoms with E-state index in [4.69, 9.17) is 11.6 Å². The lowest BCUT2D eigenvalue weighted by Gasteiger charge is -2.37. The number of hydrogen-bond acceptors (Lipinski definition) is 1. The van der Waals surface area contributed by atoms with Crippen molar-refractivity contribution in [3.63, 3.8) is 0 Å².